The molecule has 1 unspecified atom stereocenters. The lowest BCUT2D eigenvalue weighted by atomic mass is 10.0. The predicted octanol–water partition coefficient (Wildman–Crippen LogP) is 4.66. The van der Waals surface area contributed by atoms with Crippen LogP contribution in [0.15, 0.2) is 48.5 Å². The number of nitrogens with zero attached hydrogens (tertiary/aromatic N) is 2. The second kappa shape index (κ2) is 6.36. The van der Waals surface area contributed by atoms with Gasteiger partial charge in [-0.3, -0.25) is 4.79 Å². The fraction of sp³-hybridized carbons (Fsp3) is 0.333. The van der Waals surface area contributed by atoms with E-state index in [1.165, 1.54) is 5.56 Å². The first-order chi connectivity index (χ1) is 12.1. The van der Waals surface area contributed by atoms with Gasteiger partial charge in [-0.1, -0.05) is 38.1 Å². The highest BCUT2D eigenvalue weighted by molar-refractivity contribution is 5.94. The molecule has 0 radical (unpaired) electrons. The highest BCUT2D eigenvalue weighted by Gasteiger charge is 2.32. The van der Waals surface area contributed by atoms with Gasteiger partial charge in [0.15, 0.2) is 0 Å². The fourth-order valence-corrected chi connectivity index (χ4v) is 3.60. The van der Waals surface area contributed by atoms with Gasteiger partial charge in [-0.25, -0.2) is 4.98 Å². The van der Waals surface area contributed by atoms with Crippen LogP contribution in [0.1, 0.15) is 60.4 Å². The molecule has 1 fully saturated rings. The molecule has 0 bridgehead atoms. The van der Waals surface area contributed by atoms with Crippen molar-refractivity contribution in [2.75, 3.05) is 6.54 Å². The van der Waals surface area contributed by atoms with Gasteiger partial charge in [-0.05, 0) is 48.6 Å². The summed E-state index contributed by atoms with van der Waals surface area (Å²) in [5.41, 5.74) is 4.00. The van der Waals surface area contributed by atoms with Gasteiger partial charge in [0.2, 0.25) is 0 Å². The number of benzene rings is 2. The summed E-state index contributed by atoms with van der Waals surface area (Å²) in [5, 5.41) is 0. The zero-order valence-electron chi connectivity index (χ0n) is 14.7. The van der Waals surface area contributed by atoms with E-state index in [9.17, 15) is 4.79 Å². The maximum atomic E-state index is 13.0. The van der Waals surface area contributed by atoms with Gasteiger partial charge in [-0.15, -0.1) is 0 Å². The topological polar surface area (TPSA) is 49.0 Å². The Kier molecular flexibility index (Phi) is 4.04. The van der Waals surface area contributed by atoms with Crippen LogP contribution in [0, 0.1) is 0 Å². The van der Waals surface area contributed by atoms with Gasteiger partial charge < -0.3 is 9.88 Å². The number of amides is 1. The number of hydrogen-bond donors (Lipinski definition) is 1. The average molecular weight is 333 g/mol. The molecule has 4 nitrogen and oxygen atoms in total. The molecule has 3 aromatic rings. The highest BCUT2D eigenvalue weighted by atomic mass is 16.2. The maximum absolute atomic E-state index is 13.0. The SMILES string of the molecule is CC(C)c1ccc(C(=O)N2CCCC2c2nc3ccccc3[nH]2)cc1. The number of aromatic amines is 1. The molecule has 1 saturated heterocycles. The van der Waals surface area contributed by atoms with E-state index in [0.717, 1.165) is 41.8 Å². The summed E-state index contributed by atoms with van der Waals surface area (Å²) in [7, 11) is 0. The Morgan fingerprint density at radius 3 is 2.64 bits per heavy atom. The molecule has 4 heteroatoms. The van der Waals surface area contributed by atoms with Gasteiger partial charge >= 0.3 is 0 Å². The number of nitrogens with one attached hydrogen (secondary N) is 1. The summed E-state index contributed by atoms with van der Waals surface area (Å²) < 4.78 is 0. The molecule has 1 aliphatic rings. The van der Waals surface area contributed by atoms with Gasteiger partial charge in [0.1, 0.15) is 5.82 Å². The molecular weight excluding hydrogens is 310 g/mol. The zero-order valence-corrected chi connectivity index (χ0v) is 14.7. The van der Waals surface area contributed by atoms with Crippen molar-refractivity contribution in [3.05, 3.63) is 65.5 Å². The van der Waals surface area contributed by atoms with E-state index in [-0.39, 0.29) is 11.9 Å². The van der Waals surface area contributed by atoms with Crippen LogP contribution < -0.4 is 0 Å². The minimum absolute atomic E-state index is 0.0321. The first-order valence-electron chi connectivity index (χ1n) is 8.99. The molecule has 1 N–H and O–H groups in total. The summed E-state index contributed by atoms with van der Waals surface area (Å²) >= 11 is 0. The largest absolute Gasteiger partial charge is 0.340 e. The van der Waals surface area contributed by atoms with Crippen LogP contribution in [0.25, 0.3) is 11.0 Å². The number of imidazole rings is 1. The van der Waals surface area contributed by atoms with Crippen molar-refractivity contribution in [3.8, 4) is 0 Å². The lowest BCUT2D eigenvalue weighted by Crippen LogP contribution is -2.31. The van der Waals surface area contributed by atoms with E-state index < -0.39 is 0 Å². The van der Waals surface area contributed by atoms with Crippen molar-refractivity contribution < 1.29 is 4.79 Å². The minimum atomic E-state index is 0.0321. The van der Waals surface area contributed by atoms with Gasteiger partial charge in [-0.2, -0.15) is 0 Å². The quantitative estimate of drug-likeness (QED) is 0.757. The van der Waals surface area contributed by atoms with E-state index in [2.05, 4.69) is 31.0 Å². The van der Waals surface area contributed by atoms with Crippen molar-refractivity contribution >= 4 is 16.9 Å². The zero-order chi connectivity index (χ0) is 17.4. The van der Waals surface area contributed by atoms with Crippen LogP contribution >= 0.6 is 0 Å². The van der Waals surface area contributed by atoms with E-state index in [1.54, 1.807) is 0 Å². The number of hydrogen-bond acceptors (Lipinski definition) is 2. The molecule has 4 rings (SSSR count). The van der Waals surface area contributed by atoms with Crippen LogP contribution in [0.3, 0.4) is 0 Å². The smallest absolute Gasteiger partial charge is 0.254 e. The Morgan fingerprint density at radius 1 is 1.16 bits per heavy atom. The monoisotopic (exact) mass is 333 g/mol. The Hall–Kier alpha value is -2.62. The normalized spacial score (nSPS) is 17.6. The summed E-state index contributed by atoms with van der Waals surface area (Å²) in [4.78, 5) is 23.1. The number of aromatic nitrogens is 2. The van der Waals surface area contributed by atoms with Crippen molar-refractivity contribution in [1.29, 1.82) is 0 Å². The molecule has 1 aromatic heterocycles. The molecule has 1 aliphatic heterocycles. The molecule has 1 atom stereocenters. The maximum Gasteiger partial charge on any atom is 0.254 e. The highest BCUT2D eigenvalue weighted by Crippen LogP contribution is 2.32. The van der Waals surface area contributed by atoms with Gasteiger partial charge in [0, 0.05) is 12.1 Å². The first kappa shape index (κ1) is 15.9. The number of para-hydroxylation sites is 2. The number of carbonyl (C=O) groups is 1. The van der Waals surface area contributed by atoms with E-state index in [0.29, 0.717) is 5.92 Å². The van der Waals surface area contributed by atoms with Crippen LogP contribution in [0.5, 0.6) is 0 Å². The van der Waals surface area contributed by atoms with Crippen LogP contribution in [-0.2, 0) is 0 Å². The van der Waals surface area contributed by atoms with Crippen LogP contribution in [-0.4, -0.2) is 27.3 Å². The minimum Gasteiger partial charge on any atom is -0.340 e. The molecule has 2 heterocycles. The third kappa shape index (κ3) is 2.93. The number of H-pyrrole nitrogens is 1. The molecule has 0 saturated carbocycles. The third-order valence-corrected chi connectivity index (χ3v) is 5.06. The van der Waals surface area contributed by atoms with Crippen molar-refractivity contribution in [3.63, 3.8) is 0 Å². The second-order valence-corrected chi connectivity index (χ2v) is 7.07. The lowest BCUT2D eigenvalue weighted by molar-refractivity contribution is 0.0730. The molecule has 2 aromatic carbocycles. The average Bonchev–Trinajstić information content (AvgIpc) is 3.27. The van der Waals surface area contributed by atoms with Crippen molar-refractivity contribution in [2.24, 2.45) is 0 Å². The molecule has 25 heavy (non-hydrogen) atoms. The van der Waals surface area contributed by atoms with Crippen molar-refractivity contribution in [2.45, 2.75) is 38.6 Å². The Morgan fingerprint density at radius 2 is 1.92 bits per heavy atom. The number of fused-ring (bicyclic) bond motifs is 1. The van der Waals surface area contributed by atoms with Crippen molar-refractivity contribution in [1.82, 2.24) is 14.9 Å². The second-order valence-electron chi connectivity index (χ2n) is 7.07. The number of rotatable bonds is 3. The third-order valence-electron chi connectivity index (χ3n) is 5.06. The standard InChI is InChI=1S/C21H23N3O/c1-14(2)15-9-11-16(12-10-15)21(25)24-13-5-8-19(24)20-22-17-6-3-4-7-18(17)23-20/h3-4,6-7,9-12,14,19H,5,8,13H2,1-2H3,(H,22,23). The molecular formula is C21H23N3O. The molecule has 0 aliphatic carbocycles. The summed E-state index contributed by atoms with van der Waals surface area (Å²) in [6.07, 6.45) is 1.97. The predicted molar refractivity (Wildman–Crippen MR) is 99.6 cm³/mol. The summed E-state index contributed by atoms with van der Waals surface area (Å²) in [6.45, 7) is 5.11. The Labute approximate surface area is 147 Å². The van der Waals surface area contributed by atoms with E-state index >= 15 is 0 Å². The lowest BCUT2D eigenvalue weighted by Gasteiger charge is -2.23. The summed E-state index contributed by atoms with van der Waals surface area (Å²) in [5.74, 6) is 1.46. The number of likely N-dealkylation sites (tertiary alicyclic amines) is 1. The van der Waals surface area contributed by atoms with E-state index in [4.69, 9.17) is 4.98 Å². The van der Waals surface area contributed by atoms with E-state index in [1.807, 2.05) is 41.3 Å². The Balaban J connectivity index is 1.61. The molecule has 0 spiro atoms. The Bertz CT molecular complexity index is 862. The number of carbonyl (C=O) groups excluding carboxylic acids is 1. The van der Waals surface area contributed by atoms with Crippen LogP contribution in [0.4, 0.5) is 0 Å². The fourth-order valence-electron chi connectivity index (χ4n) is 3.60. The first-order valence-corrected chi connectivity index (χ1v) is 8.99. The van der Waals surface area contributed by atoms with Gasteiger partial charge in [0.05, 0.1) is 17.1 Å². The van der Waals surface area contributed by atoms with Gasteiger partial charge in [0.25, 0.3) is 5.91 Å². The molecule has 1 amide bonds. The van der Waals surface area contributed by atoms with Crippen LogP contribution in [0.2, 0.25) is 0 Å². The molecule has 128 valence electrons. The summed E-state index contributed by atoms with van der Waals surface area (Å²) in [6, 6.07) is 16.1.